The number of aromatic nitrogens is 1. The third-order valence-corrected chi connectivity index (χ3v) is 3.96. The Kier molecular flexibility index (Phi) is 5.16. The summed E-state index contributed by atoms with van der Waals surface area (Å²) in [4.78, 5) is 14.5. The third kappa shape index (κ3) is 4.66. The number of hydrogen-bond donors (Lipinski definition) is 3. The van der Waals surface area contributed by atoms with Crippen LogP contribution in [0.5, 0.6) is 0 Å². The van der Waals surface area contributed by atoms with Crippen molar-refractivity contribution in [2.24, 2.45) is 10.9 Å². The van der Waals surface area contributed by atoms with Gasteiger partial charge < -0.3 is 10.8 Å². The van der Waals surface area contributed by atoms with Crippen molar-refractivity contribution in [1.82, 2.24) is 9.29 Å². The van der Waals surface area contributed by atoms with Gasteiger partial charge in [-0.2, -0.15) is 12.7 Å². The minimum atomic E-state index is -3.91. The standard InChI is InChI=1S/C8H14N4O4S2/c9-6(8(13)14)1-3-12(18(10,15)16)5-7-11-2-4-17-7/h2,4,6H,1,3,5,9H2,(H,13,14)(H2,10,15,16)/t6-/m0/s1. The molecule has 0 aromatic carbocycles. The number of thiazole rings is 1. The Hall–Kier alpha value is -1.07. The van der Waals surface area contributed by atoms with E-state index in [0.717, 1.165) is 4.31 Å². The van der Waals surface area contributed by atoms with E-state index in [4.69, 9.17) is 16.0 Å². The second-order valence-corrected chi connectivity index (χ2v) is 6.06. The molecule has 0 amide bonds. The Labute approximate surface area is 108 Å². The van der Waals surface area contributed by atoms with Gasteiger partial charge in [-0.1, -0.05) is 0 Å². The molecule has 0 aliphatic heterocycles. The molecule has 8 nitrogen and oxygen atoms in total. The van der Waals surface area contributed by atoms with Crippen molar-refractivity contribution in [2.75, 3.05) is 6.54 Å². The fourth-order valence-corrected chi connectivity index (χ4v) is 2.56. The lowest BCUT2D eigenvalue weighted by atomic mass is 10.2. The fraction of sp³-hybridized carbons (Fsp3) is 0.500. The SMILES string of the molecule is N[C@@H](CCN(Cc1nccs1)S(N)(=O)=O)C(=O)O. The Morgan fingerprint density at radius 3 is 2.72 bits per heavy atom. The predicted molar refractivity (Wildman–Crippen MR) is 65.9 cm³/mol. The summed E-state index contributed by atoms with van der Waals surface area (Å²) in [7, 11) is -3.91. The molecule has 1 rings (SSSR count). The average molecular weight is 294 g/mol. The summed E-state index contributed by atoms with van der Waals surface area (Å²) in [6.45, 7) is -0.0469. The van der Waals surface area contributed by atoms with E-state index in [9.17, 15) is 13.2 Å². The number of carbonyl (C=O) groups is 1. The minimum absolute atomic E-state index is 0.0167. The molecule has 0 fully saturated rings. The van der Waals surface area contributed by atoms with Gasteiger partial charge in [0, 0.05) is 18.1 Å². The van der Waals surface area contributed by atoms with Crippen LogP contribution >= 0.6 is 11.3 Å². The van der Waals surface area contributed by atoms with Gasteiger partial charge in [0.1, 0.15) is 11.0 Å². The highest BCUT2D eigenvalue weighted by molar-refractivity contribution is 7.86. The summed E-state index contributed by atoms with van der Waals surface area (Å²) in [5.41, 5.74) is 5.31. The molecule has 18 heavy (non-hydrogen) atoms. The average Bonchev–Trinajstić information content (AvgIpc) is 2.74. The van der Waals surface area contributed by atoms with E-state index in [0.29, 0.717) is 5.01 Å². The first-order valence-corrected chi connectivity index (χ1v) is 7.33. The smallest absolute Gasteiger partial charge is 0.320 e. The number of hydrogen-bond acceptors (Lipinski definition) is 6. The van der Waals surface area contributed by atoms with Gasteiger partial charge in [-0.3, -0.25) is 4.79 Å². The topological polar surface area (TPSA) is 140 Å². The molecular weight excluding hydrogens is 280 g/mol. The van der Waals surface area contributed by atoms with Crippen molar-refractivity contribution in [3.05, 3.63) is 16.6 Å². The van der Waals surface area contributed by atoms with Crippen molar-refractivity contribution < 1.29 is 18.3 Å². The molecule has 0 spiro atoms. The second kappa shape index (κ2) is 6.20. The maximum atomic E-state index is 11.3. The Balaban J connectivity index is 2.66. The van der Waals surface area contributed by atoms with E-state index in [-0.39, 0.29) is 19.5 Å². The molecule has 102 valence electrons. The maximum absolute atomic E-state index is 11.3. The van der Waals surface area contributed by atoms with Crippen molar-refractivity contribution in [1.29, 1.82) is 0 Å². The number of carboxylic acid groups (broad SMARTS) is 1. The minimum Gasteiger partial charge on any atom is -0.480 e. The summed E-state index contributed by atoms with van der Waals surface area (Å²) in [6, 6.07) is -1.12. The Bertz CT molecular complexity index is 487. The van der Waals surface area contributed by atoms with Crippen LogP contribution in [-0.2, 0) is 21.5 Å². The molecule has 1 aromatic heterocycles. The van der Waals surface area contributed by atoms with Crippen LogP contribution in [0.15, 0.2) is 11.6 Å². The van der Waals surface area contributed by atoms with Crippen LogP contribution < -0.4 is 10.9 Å². The number of carboxylic acids is 1. The van der Waals surface area contributed by atoms with E-state index in [1.165, 1.54) is 11.3 Å². The van der Waals surface area contributed by atoms with E-state index in [2.05, 4.69) is 4.98 Å². The number of aliphatic carboxylic acids is 1. The van der Waals surface area contributed by atoms with E-state index in [1.54, 1.807) is 11.6 Å². The van der Waals surface area contributed by atoms with Crippen molar-refractivity contribution in [3.8, 4) is 0 Å². The molecule has 10 heteroatoms. The molecule has 1 aromatic rings. The molecule has 0 saturated heterocycles. The van der Waals surface area contributed by atoms with Crippen molar-refractivity contribution >= 4 is 27.5 Å². The van der Waals surface area contributed by atoms with Crippen molar-refractivity contribution in [3.63, 3.8) is 0 Å². The second-order valence-electron chi connectivity index (χ2n) is 3.54. The molecule has 1 atom stereocenters. The normalized spacial score (nSPS) is 13.7. The zero-order valence-corrected chi connectivity index (χ0v) is 11.0. The van der Waals surface area contributed by atoms with Crippen LogP contribution in [0, 0.1) is 0 Å². The quantitative estimate of drug-likeness (QED) is 0.586. The van der Waals surface area contributed by atoms with Crippen molar-refractivity contribution in [2.45, 2.75) is 19.0 Å². The van der Waals surface area contributed by atoms with Gasteiger partial charge in [0.15, 0.2) is 0 Å². The predicted octanol–water partition coefficient (Wildman–Crippen LogP) is -1.05. The van der Waals surface area contributed by atoms with Gasteiger partial charge in [-0.05, 0) is 6.42 Å². The van der Waals surface area contributed by atoms with Crippen LogP contribution in [-0.4, -0.2) is 41.4 Å². The van der Waals surface area contributed by atoms with Gasteiger partial charge in [0.25, 0.3) is 10.2 Å². The first-order valence-electron chi connectivity index (χ1n) is 4.95. The molecular formula is C8H14N4O4S2. The number of nitrogens with zero attached hydrogens (tertiary/aromatic N) is 2. The fourth-order valence-electron chi connectivity index (χ4n) is 1.18. The molecule has 0 aliphatic carbocycles. The number of rotatable bonds is 7. The van der Waals surface area contributed by atoms with Gasteiger partial charge in [-0.25, -0.2) is 10.1 Å². The van der Waals surface area contributed by atoms with Gasteiger partial charge >= 0.3 is 5.97 Å². The molecule has 0 radical (unpaired) electrons. The van der Waals surface area contributed by atoms with E-state index < -0.39 is 22.2 Å². The summed E-state index contributed by atoms with van der Waals surface area (Å²) < 4.78 is 23.6. The lowest BCUT2D eigenvalue weighted by molar-refractivity contribution is -0.138. The highest BCUT2D eigenvalue weighted by Gasteiger charge is 2.21. The lowest BCUT2D eigenvalue weighted by Crippen LogP contribution is -2.40. The van der Waals surface area contributed by atoms with Gasteiger partial charge in [-0.15, -0.1) is 11.3 Å². The van der Waals surface area contributed by atoms with Gasteiger partial charge in [0.05, 0.1) is 6.54 Å². The molecule has 0 saturated carbocycles. The Morgan fingerprint density at radius 2 is 2.28 bits per heavy atom. The highest BCUT2D eigenvalue weighted by Crippen LogP contribution is 2.10. The summed E-state index contributed by atoms with van der Waals surface area (Å²) in [5.74, 6) is -1.18. The van der Waals surface area contributed by atoms with Crippen LogP contribution in [0.3, 0.4) is 0 Å². The highest BCUT2D eigenvalue weighted by atomic mass is 32.2. The summed E-state index contributed by atoms with van der Waals surface area (Å²) in [6.07, 6.45) is 1.53. The number of nitrogens with two attached hydrogens (primary N) is 2. The first-order chi connectivity index (χ1) is 8.30. The van der Waals surface area contributed by atoms with Crippen LogP contribution in [0.1, 0.15) is 11.4 Å². The van der Waals surface area contributed by atoms with Gasteiger partial charge in [0.2, 0.25) is 0 Å². The maximum Gasteiger partial charge on any atom is 0.320 e. The third-order valence-electron chi connectivity index (χ3n) is 2.16. The van der Waals surface area contributed by atoms with E-state index in [1.807, 2.05) is 0 Å². The molecule has 0 aliphatic rings. The monoisotopic (exact) mass is 294 g/mol. The molecule has 0 unspecified atom stereocenters. The summed E-state index contributed by atoms with van der Waals surface area (Å²) in [5, 5.41) is 16.0. The van der Waals surface area contributed by atoms with Crippen LogP contribution in [0.25, 0.3) is 0 Å². The Morgan fingerprint density at radius 1 is 1.61 bits per heavy atom. The summed E-state index contributed by atoms with van der Waals surface area (Å²) >= 11 is 1.29. The molecule has 5 N–H and O–H groups in total. The zero-order valence-electron chi connectivity index (χ0n) is 9.39. The van der Waals surface area contributed by atoms with Crippen LogP contribution in [0.4, 0.5) is 0 Å². The molecule has 1 heterocycles. The molecule has 0 bridgehead atoms. The largest absolute Gasteiger partial charge is 0.480 e. The first kappa shape index (κ1) is 15.0. The zero-order chi connectivity index (χ0) is 13.8. The van der Waals surface area contributed by atoms with E-state index >= 15 is 0 Å². The van der Waals surface area contributed by atoms with Crippen LogP contribution in [0.2, 0.25) is 0 Å². The lowest BCUT2D eigenvalue weighted by Gasteiger charge is -2.19.